The number of nitrogens with two attached hydrogens (primary N) is 1. The van der Waals surface area contributed by atoms with Crippen molar-refractivity contribution in [3.8, 4) is 0 Å². The highest BCUT2D eigenvalue weighted by molar-refractivity contribution is 14.1. The topological polar surface area (TPSA) is 43.8 Å². The minimum Gasteiger partial charge on any atom is -0.395 e. The molecule has 1 rings (SSSR count). The van der Waals surface area contributed by atoms with Crippen molar-refractivity contribution in [3.05, 3.63) is 9.39 Å². The lowest BCUT2D eigenvalue weighted by Crippen LogP contribution is -2.24. The van der Waals surface area contributed by atoms with Gasteiger partial charge < -0.3 is 5.73 Å². The number of anilines is 1. The highest BCUT2D eigenvalue weighted by Gasteiger charge is 2.19. The fraction of sp³-hybridized carbons (Fsp3) is 0.625. The summed E-state index contributed by atoms with van der Waals surface area (Å²) < 4.78 is 2.85. The van der Waals surface area contributed by atoms with Crippen LogP contribution < -0.4 is 5.73 Å². The van der Waals surface area contributed by atoms with Crippen molar-refractivity contribution in [2.24, 2.45) is 0 Å². The molecule has 0 spiro atoms. The molecular formula is C8H14IN3. The first-order valence-electron chi connectivity index (χ1n) is 3.85. The Morgan fingerprint density at radius 3 is 2.08 bits per heavy atom. The van der Waals surface area contributed by atoms with Gasteiger partial charge >= 0.3 is 0 Å². The molecule has 0 saturated heterocycles. The van der Waals surface area contributed by atoms with Gasteiger partial charge in [-0.15, -0.1) is 0 Å². The molecule has 0 aliphatic carbocycles. The van der Waals surface area contributed by atoms with E-state index in [2.05, 4.69) is 48.5 Å². The molecule has 12 heavy (non-hydrogen) atoms. The van der Waals surface area contributed by atoms with Crippen molar-refractivity contribution in [1.29, 1.82) is 0 Å². The van der Waals surface area contributed by atoms with E-state index >= 15 is 0 Å². The van der Waals surface area contributed by atoms with Crippen LogP contribution in [0.5, 0.6) is 0 Å². The number of nitrogen functional groups attached to an aromatic ring is 1. The van der Waals surface area contributed by atoms with Crippen LogP contribution in [0.4, 0.5) is 5.69 Å². The first-order valence-corrected chi connectivity index (χ1v) is 4.93. The molecule has 0 radical (unpaired) electrons. The van der Waals surface area contributed by atoms with Crippen LogP contribution >= 0.6 is 22.6 Å². The Bertz CT molecular complexity index is 296. The highest BCUT2D eigenvalue weighted by atomic mass is 127. The summed E-state index contributed by atoms with van der Waals surface area (Å²) in [4.78, 5) is 0. The molecule has 0 amide bonds. The Morgan fingerprint density at radius 2 is 1.92 bits per heavy atom. The van der Waals surface area contributed by atoms with Gasteiger partial charge in [-0.2, -0.15) is 5.10 Å². The number of nitrogens with zero attached hydrogens (tertiary/aromatic N) is 2. The van der Waals surface area contributed by atoms with Crippen LogP contribution in [0.2, 0.25) is 0 Å². The van der Waals surface area contributed by atoms with E-state index < -0.39 is 0 Å². The van der Waals surface area contributed by atoms with Crippen LogP contribution in [0, 0.1) is 10.6 Å². The highest BCUT2D eigenvalue weighted by Crippen LogP contribution is 2.23. The van der Waals surface area contributed by atoms with Crippen LogP contribution in [-0.2, 0) is 5.54 Å². The van der Waals surface area contributed by atoms with Gasteiger partial charge in [-0.1, -0.05) is 0 Å². The summed E-state index contributed by atoms with van der Waals surface area (Å²) >= 11 is 2.15. The number of hydrogen-bond donors (Lipinski definition) is 1. The van der Waals surface area contributed by atoms with Crippen molar-refractivity contribution in [1.82, 2.24) is 9.78 Å². The molecule has 0 aliphatic heterocycles. The van der Waals surface area contributed by atoms with Crippen LogP contribution in [0.15, 0.2) is 0 Å². The van der Waals surface area contributed by atoms with Crippen molar-refractivity contribution in [3.63, 3.8) is 0 Å². The third-order valence-electron chi connectivity index (χ3n) is 1.75. The summed E-state index contributed by atoms with van der Waals surface area (Å²) in [5, 5.41) is 4.36. The average Bonchev–Trinajstić information content (AvgIpc) is 2.15. The van der Waals surface area contributed by atoms with Crippen LogP contribution in [-0.4, -0.2) is 9.78 Å². The van der Waals surface area contributed by atoms with E-state index in [1.807, 2.05) is 11.6 Å². The van der Waals surface area contributed by atoms with Crippen molar-refractivity contribution >= 4 is 28.3 Å². The molecule has 0 aliphatic rings. The molecule has 0 bridgehead atoms. The monoisotopic (exact) mass is 279 g/mol. The maximum Gasteiger partial charge on any atom is 0.146 e. The summed E-state index contributed by atoms with van der Waals surface area (Å²) in [6.45, 7) is 8.34. The summed E-state index contributed by atoms with van der Waals surface area (Å²) in [6, 6.07) is 0. The lowest BCUT2D eigenvalue weighted by Gasteiger charge is -2.21. The second kappa shape index (κ2) is 2.90. The molecule has 3 nitrogen and oxygen atoms in total. The molecule has 4 heteroatoms. The summed E-state index contributed by atoms with van der Waals surface area (Å²) in [5.41, 5.74) is 7.67. The van der Waals surface area contributed by atoms with Gasteiger partial charge in [0.05, 0.1) is 16.9 Å². The first kappa shape index (κ1) is 9.83. The summed E-state index contributed by atoms with van der Waals surface area (Å²) in [6.07, 6.45) is 0. The van der Waals surface area contributed by atoms with E-state index in [-0.39, 0.29) is 5.54 Å². The Hall–Kier alpha value is -0.260. The predicted octanol–water partition coefficient (Wildman–Crippen LogP) is 2.13. The van der Waals surface area contributed by atoms with Crippen LogP contribution in [0.3, 0.4) is 0 Å². The Morgan fingerprint density at radius 1 is 1.42 bits per heavy atom. The van der Waals surface area contributed by atoms with E-state index in [0.717, 1.165) is 15.1 Å². The number of halogens is 1. The molecule has 2 N–H and O–H groups in total. The zero-order valence-electron chi connectivity index (χ0n) is 7.85. The fourth-order valence-electron chi connectivity index (χ4n) is 1.13. The van der Waals surface area contributed by atoms with Gasteiger partial charge in [0.2, 0.25) is 0 Å². The minimum absolute atomic E-state index is 0.0155. The average molecular weight is 279 g/mol. The maximum atomic E-state index is 5.81. The van der Waals surface area contributed by atoms with Gasteiger partial charge in [0, 0.05) is 0 Å². The van der Waals surface area contributed by atoms with E-state index in [1.54, 1.807) is 0 Å². The lowest BCUT2D eigenvalue weighted by molar-refractivity contribution is 0.347. The summed E-state index contributed by atoms with van der Waals surface area (Å²) in [7, 11) is 0. The summed E-state index contributed by atoms with van der Waals surface area (Å²) in [5.74, 6) is 0. The lowest BCUT2D eigenvalue weighted by atomic mass is 10.1. The van der Waals surface area contributed by atoms with Gasteiger partial charge in [0.25, 0.3) is 0 Å². The van der Waals surface area contributed by atoms with E-state index in [9.17, 15) is 0 Å². The molecule has 1 aromatic heterocycles. The minimum atomic E-state index is 0.0155. The third-order valence-corrected chi connectivity index (χ3v) is 2.55. The fourth-order valence-corrected chi connectivity index (χ4v) is 1.74. The normalized spacial score (nSPS) is 12.1. The first-order chi connectivity index (χ1) is 5.34. The molecule has 68 valence electrons. The third kappa shape index (κ3) is 1.57. The number of rotatable bonds is 0. The van der Waals surface area contributed by atoms with Gasteiger partial charge in [-0.25, -0.2) is 0 Å². The van der Waals surface area contributed by atoms with E-state index in [0.29, 0.717) is 0 Å². The van der Waals surface area contributed by atoms with Gasteiger partial charge in [-0.3, -0.25) is 4.68 Å². The van der Waals surface area contributed by atoms with Crippen molar-refractivity contribution in [2.45, 2.75) is 33.2 Å². The van der Waals surface area contributed by atoms with Gasteiger partial charge in [0.15, 0.2) is 0 Å². The Labute approximate surface area is 86.5 Å². The number of aromatic nitrogens is 2. The molecule has 0 fully saturated rings. The predicted molar refractivity (Wildman–Crippen MR) is 59.1 cm³/mol. The molecular weight excluding hydrogens is 265 g/mol. The molecule has 0 atom stereocenters. The maximum absolute atomic E-state index is 5.81. The standard InChI is InChI=1S/C8H14IN3/c1-5-6(10)7(9)11-12(5)8(2,3)4/h10H2,1-4H3. The zero-order chi connectivity index (χ0) is 9.52. The SMILES string of the molecule is Cc1c(N)c(I)nn1C(C)(C)C. The van der Waals surface area contributed by atoms with Crippen molar-refractivity contribution in [2.75, 3.05) is 5.73 Å². The van der Waals surface area contributed by atoms with Gasteiger partial charge in [0.1, 0.15) is 3.70 Å². The quantitative estimate of drug-likeness (QED) is 0.739. The second-order valence-electron chi connectivity index (χ2n) is 3.87. The molecule has 0 unspecified atom stereocenters. The Balaban J connectivity index is 3.28. The molecule has 1 aromatic rings. The zero-order valence-corrected chi connectivity index (χ0v) is 10.0. The number of hydrogen-bond acceptors (Lipinski definition) is 2. The largest absolute Gasteiger partial charge is 0.395 e. The van der Waals surface area contributed by atoms with E-state index in [1.165, 1.54) is 0 Å². The Kier molecular flexibility index (Phi) is 2.38. The van der Waals surface area contributed by atoms with Gasteiger partial charge in [-0.05, 0) is 50.3 Å². The molecule has 0 saturated carbocycles. The van der Waals surface area contributed by atoms with E-state index in [4.69, 9.17) is 5.73 Å². The second-order valence-corrected chi connectivity index (χ2v) is 4.89. The van der Waals surface area contributed by atoms with Crippen LogP contribution in [0.1, 0.15) is 26.5 Å². The smallest absolute Gasteiger partial charge is 0.146 e. The van der Waals surface area contributed by atoms with Crippen LogP contribution in [0.25, 0.3) is 0 Å². The molecule has 1 heterocycles. The van der Waals surface area contributed by atoms with Crippen molar-refractivity contribution < 1.29 is 0 Å². The molecule has 0 aromatic carbocycles.